The SMILES string of the molecule is O=C1c2ccccc2-c2nc3ccc4ccccc4c3c(-c3ccc(Br)cc3)c21. The molecule has 1 aliphatic carbocycles. The summed E-state index contributed by atoms with van der Waals surface area (Å²) < 4.78 is 1.01. The topological polar surface area (TPSA) is 30.0 Å². The predicted octanol–water partition coefficient (Wildman–Crippen LogP) is 7.03. The first-order valence-electron chi connectivity index (χ1n) is 9.48. The van der Waals surface area contributed by atoms with E-state index < -0.39 is 0 Å². The second-order valence-electron chi connectivity index (χ2n) is 7.27. The first-order chi connectivity index (χ1) is 14.2. The molecule has 2 nitrogen and oxygen atoms in total. The summed E-state index contributed by atoms with van der Waals surface area (Å²) in [5.74, 6) is 0.0517. The molecule has 0 fully saturated rings. The Kier molecular flexibility index (Phi) is 3.50. The molecule has 0 radical (unpaired) electrons. The number of fused-ring (bicyclic) bond motifs is 6. The Hall–Kier alpha value is -3.30. The molecule has 6 rings (SSSR count). The lowest BCUT2D eigenvalue weighted by Gasteiger charge is -2.14. The second kappa shape index (κ2) is 6.10. The lowest BCUT2D eigenvalue weighted by molar-refractivity contribution is 0.104. The fraction of sp³-hybridized carbons (Fsp3) is 0. The monoisotopic (exact) mass is 435 g/mol. The minimum atomic E-state index is 0.0517. The summed E-state index contributed by atoms with van der Waals surface area (Å²) in [6.07, 6.45) is 0. The number of carbonyl (C=O) groups is 1. The highest BCUT2D eigenvalue weighted by Gasteiger charge is 2.32. The molecule has 0 N–H and O–H groups in total. The Bertz CT molecular complexity index is 1470. The van der Waals surface area contributed by atoms with Gasteiger partial charge in [-0.05, 0) is 34.5 Å². The Morgan fingerprint density at radius 3 is 2.24 bits per heavy atom. The smallest absolute Gasteiger partial charge is 0.196 e. The van der Waals surface area contributed by atoms with Crippen molar-refractivity contribution in [3.05, 3.63) is 101 Å². The van der Waals surface area contributed by atoms with Crippen molar-refractivity contribution in [3.63, 3.8) is 0 Å². The molecule has 29 heavy (non-hydrogen) atoms. The predicted molar refractivity (Wildman–Crippen MR) is 121 cm³/mol. The molecule has 0 aliphatic heterocycles. The summed E-state index contributed by atoms with van der Waals surface area (Å²) in [4.78, 5) is 18.5. The van der Waals surface area contributed by atoms with Crippen molar-refractivity contribution >= 4 is 43.4 Å². The van der Waals surface area contributed by atoms with Gasteiger partial charge in [0.25, 0.3) is 0 Å². The number of rotatable bonds is 1. The Labute approximate surface area is 176 Å². The highest BCUT2D eigenvalue weighted by Crippen LogP contribution is 2.45. The van der Waals surface area contributed by atoms with E-state index in [9.17, 15) is 4.79 Å². The molecule has 136 valence electrons. The van der Waals surface area contributed by atoms with Crippen LogP contribution < -0.4 is 0 Å². The molecule has 1 aromatic heterocycles. The van der Waals surface area contributed by atoms with Gasteiger partial charge in [-0.1, -0.05) is 82.7 Å². The molecular weight excluding hydrogens is 422 g/mol. The number of hydrogen-bond acceptors (Lipinski definition) is 2. The third kappa shape index (κ3) is 2.34. The second-order valence-corrected chi connectivity index (χ2v) is 8.19. The zero-order chi connectivity index (χ0) is 19.5. The molecule has 0 saturated heterocycles. The van der Waals surface area contributed by atoms with Gasteiger partial charge in [0.05, 0.1) is 16.8 Å². The van der Waals surface area contributed by atoms with Gasteiger partial charge in [0, 0.05) is 26.5 Å². The Morgan fingerprint density at radius 2 is 1.41 bits per heavy atom. The van der Waals surface area contributed by atoms with Gasteiger partial charge in [-0.25, -0.2) is 4.98 Å². The van der Waals surface area contributed by atoms with Crippen LogP contribution in [0.1, 0.15) is 15.9 Å². The van der Waals surface area contributed by atoms with Gasteiger partial charge in [0.2, 0.25) is 0 Å². The largest absolute Gasteiger partial charge is 0.288 e. The molecule has 0 unspecified atom stereocenters. The van der Waals surface area contributed by atoms with Crippen LogP contribution in [0.3, 0.4) is 0 Å². The minimum Gasteiger partial charge on any atom is -0.288 e. The van der Waals surface area contributed by atoms with Crippen molar-refractivity contribution in [1.82, 2.24) is 4.98 Å². The number of halogens is 1. The molecule has 1 aliphatic rings. The summed E-state index contributed by atoms with van der Waals surface area (Å²) in [5.41, 5.74) is 6.03. The van der Waals surface area contributed by atoms with E-state index in [1.165, 1.54) is 0 Å². The van der Waals surface area contributed by atoms with Gasteiger partial charge in [-0.15, -0.1) is 0 Å². The van der Waals surface area contributed by atoms with Crippen LogP contribution in [-0.4, -0.2) is 10.8 Å². The van der Waals surface area contributed by atoms with Gasteiger partial charge in [-0.3, -0.25) is 4.79 Å². The number of aromatic nitrogens is 1. The minimum absolute atomic E-state index is 0.0517. The molecule has 0 bridgehead atoms. The van der Waals surface area contributed by atoms with Crippen molar-refractivity contribution in [1.29, 1.82) is 0 Å². The molecule has 1 heterocycles. The van der Waals surface area contributed by atoms with E-state index in [0.717, 1.165) is 54.1 Å². The standard InChI is InChI=1S/C26H14BrNO/c27-17-12-9-16(10-13-17)22-23-18-6-2-1-5-15(18)11-14-21(23)28-25-19-7-3-4-8-20(19)26(29)24(22)25/h1-14H. The summed E-state index contributed by atoms with van der Waals surface area (Å²) >= 11 is 3.53. The molecule has 3 heteroatoms. The first kappa shape index (κ1) is 16.6. The molecule has 0 atom stereocenters. The van der Waals surface area contributed by atoms with Crippen LogP contribution >= 0.6 is 15.9 Å². The highest BCUT2D eigenvalue weighted by atomic mass is 79.9. The van der Waals surface area contributed by atoms with Crippen molar-refractivity contribution in [2.45, 2.75) is 0 Å². The quantitative estimate of drug-likeness (QED) is 0.259. The Balaban J connectivity index is 1.85. The summed E-state index contributed by atoms with van der Waals surface area (Å²) in [6.45, 7) is 0. The van der Waals surface area contributed by atoms with Gasteiger partial charge >= 0.3 is 0 Å². The van der Waals surface area contributed by atoms with Crippen LogP contribution in [0.5, 0.6) is 0 Å². The van der Waals surface area contributed by atoms with Gasteiger partial charge < -0.3 is 0 Å². The molecule has 4 aromatic carbocycles. The fourth-order valence-corrected chi connectivity index (χ4v) is 4.64. The number of carbonyl (C=O) groups excluding carboxylic acids is 1. The van der Waals surface area contributed by atoms with E-state index in [4.69, 9.17) is 4.98 Å². The lowest BCUT2D eigenvalue weighted by atomic mass is 9.91. The lowest BCUT2D eigenvalue weighted by Crippen LogP contribution is -2.01. The zero-order valence-electron chi connectivity index (χ0n) is 15.3. The van der Waals surface area contributed by atoms with Crippen LogP contribution in [0, 0.1) is 0 Å². The van der Waals surface area contributed by atoms with E-state index in [-0.39, 0.29) is 5.78 Å². The third-order valence-electron chi connectivity index (χ3n) is 5.66. The average molecular weight is 436 g/mol. The zero-order valence-corrected chi connectivity index (χ0v) is 16.9. The van der Waals surface area contributed by atoms with Crippen molar-refractivity contribution in [2.24, 2.45) is 0 Å². The maximum Gasteiger partial charge on any atom is 0.196 e. The van der Waals surface area contributed by atoms with E-state index in [1.807, 2.05) is 48.5 Å². The number of nitrogens with zero attached hydrogens (tertiary/aromatic N) is 1. The van der Waals surface area contributed by atoms with Crippen molar-refractivity contribution < 1.29 is 4.79 Å². The normalized spacial score (nSPS) is 12.4. The first-order valence-corrected chi connectivity index (χ1v) is 10.3. The van der Waals surface area contributed by atoms with Crippen LogP contribution in [0.25, 0.3) is 44.1 Å². The van der Waals surface area contributed by atoms with Crippen LogP contribution in [0.4, 0.5) is 0 Å². The van der Waals surface area contributed by atoms with E-state index in [2.05, 4.69) is 52.3 Å². The summed E-state index contributed by atoms with van der Waals surface area (Å²) in [6, 6.07) is 28.4. The van der Waals surface area contributed by atoms with E-state index in [1.54, 1.807) is 0 Å². The number of pyridine rings is 1. The van der Waals surface area contributed by atoms with Gasteiger partial charge in [0.1, 0.15) is 0 Å². The molecule has 5 aromatic rings. The highest BCUT2D eigenvalue weighted by molar-refractivity contribution is 9.10. The van der Waals surface area contributed by atoms with Crippen LogP contribution in [-0.2, 0) is 0 Å². The molecular formula is C26H14BrNO. The summed E-state index contributed by atoms with van der Waals surface area (Å²) in [7, 11) is 0. The van der Waals surface area contributed by atoms with Crippen LogP contribution in [0.2, 0.25) is 0 Å². The van der Waals surface area contributed by atoms with Gasteiger partial charge in [-0.2, -0.15) is 0 Å². The average Bonchev–Trinajstić information content (AvgIpc) is 3.05. The third-order valence-corrected chi connectivity index (χ3v) is 6.19. The van der Waals surface area contributed by atoms with Crippen molar-refractivity contribution in [3.8, 4) is 22.4 Å². The molecule has 0 saturated carbocycles. The van der Waals surface area contributed by atoms with Crippen molar-refractivity contribution in [2.75, 3.05) is 0 Å². The summed E-state index contributed by atoms with van der Waals surface area (Å²) in [5, 5.41) is 3.29. The van der Waals surface area contributed by atoms with E-state index >= 15 is 0 Å². The number of benzene rings is 4. The fourth-order valence-electron chi connectivity index (χ4n) is 4.38. The number of ketones is 1. The number of hydrogen-bond donors (Lipinski definition) is 0. The molecule has 0 spiro atoms. The molecule has 0 amide bonds. The van der Waals surface area contributed by atoms with E-state index in [0.29, 0.717) is 5.56 Å². The maximum atomic E-state index is 13.5. The maximum absolute atomic E-state index is 13.5. The van der Waals surface area contributed by atoms with Gasteiger partial charge in [0.15, 0.2) is 5.78 Å². The van der Waals surface area contributed by atoms with Crippen LogP contribution in [0.15, 0.2) is 89.4 Å². The Morgan fingerprint density at radius 1 is 0.690 bits per heavy atom.